The standard InChI is InChI=1S/C18H21ClN2O2S/c1-14-5-3-8-18(15(14)2)20-9-11-21(12-10-20)24(22,23)17-7-4-6-16(19)13-17/h3-8,13H,9-12H2,1-2H3. The first-order valence-corrected chi connectivity index (χ1v) is 9.78. The summed E-state index contributed by atoms with van der Waals surface area (Å²) in [5, 5.41) is 0.435. The Balaban J connectivity index is 1.76. The number of hydrogen-bond donors (Lipinski definition) is 0. The third kappa shape index (κ3) is 3.29. The smallest absolute Gasteiger partial charge is 0.243 e. The lowest BCUT2D eigenvalue weighted by Crippen LogP contribution is -2.48. The van der Waals surface area contributed by atoms with Crippen molar-refractivity contribution in [3.05, 3.63) is 58.6 Å². The summed E-state index contributed by atoms with van der Waals surface area (Å²) in [5.74, 6) is 0. The molecular weight excluding hydrogens is 344 g/mol. The summed E-state index contributed by atoms with van der Waals surface area (Å²) in [6.45, 7) is 6.52. The second kappa shape index (κ2) is 6.75. The second-order valence-electron chi connectivity index (χ2n) is 6.07. The molecular formula is C18H21ClN2O2S. The van der Waals surface area contributed by atoms with Crippen LogP contribution < -0.4 is 4.90 Å². The Hall–Kier alpha value is -1.56. The lowest BCUT2D eigenvalue weighted by Gasteiger charge is -2.36. The van der Waals surface area contributed by atoms with Gasteiger partial charge in [-0.1, -0.05) is 29.8 Å². The minimum atomic E-state index is -3.49. The molecule has 0 aromatic heterocycles. The van der Waals surface area contributed by atoms with Gasteiger partial charge in [-0.05, 0) is 49.2 Å². The Morgan fingerprint density at radius 3 is 2.29 bits per heavy atom. The summed E-state index contributed by atoms with van der Waals surface area (Å²) in [6, 6.07) is 12.7. The third-order valence-corrected chi connectivity index (χ3v) is 6.72. The van der Waals surface area contributed by atoms with E-state index >= 15 is 0 Å². The SMILES string of the molecule is Cc1cccc(N2CCN(S(=O)(=O)c3cccc(Cl)c3)CC2)c1C. The van der Waals surface area contributed by atoms with E-state index in [9.17, 15) is 8.42 Å². The number of rotatable bonds is 3. The van der Waals surface area contributed by atoms with Crippen molar-refractivity contribution in [1.82, 2.24) is 4.31 Å². The normalized spacial score (nSPS) is 16.4. The molecule has 1 saturated heterocycles. The first-order chi connectivity index (χ1) is 11.4. The molecule has 0 spiro atoms. The van der Waals surface area contributed by atoms with Gasteiger partial charge in [-0.15, -0.1) is 0 Å². The van der Waals surface area contributed by atoms with Gasteiger partial charge in [0.05, 0.1) is 4.90 Å². The molecule has 24 heavy (non-hydrogen) atoms. The van der Waals surface area contributed by atoms with E-state index in [4.69, 9.17) is 11.6 Å². The molecule has 1 fully saturated rings. The second-order valence-corrected chi connectivity index (χ2v) is 8.44. The minimum Gasteiger partial charge on any atom is -0.369 e. The highest BCUT2D eigenvalue weighted by molar-refractivity contribution is 7.89. The number of nitrogens with zero attached hydrogens (tertiary/aromatic N) is 2. The Morgan fingerprint density at radius 1 is 0.958 bits per heavy atom. The van der Waals surface area contributed by atoms with E-state index in [0.29, 0.717) is 31.2 Å². The average molecular weight is 365 g/mol. The summed E-state index contributed by atoms with van der Waals surface area (Å²) in [5.41, 5.74) is 3.69. The van der Waals surface area contributed by atoms with Gasteiger partial charge >= 0.3 is 0 Å². The van der Waals surface area contributed by atoms with Crippen molar-refractivity contribution in [1.29, 1.82) is 0 Å². The molecule has 0 N–H and O–H groups in total. The fourth-order valence-corrected chi connectivity index (χ4v) is 4.75. The van der Waals surface area contributed by atoms with Gasteiger partial charge in [0.1, 0.15) is 0 Å². The maximum absolute atomic E-state index is 12.8. The van der Waals surface area contributed by atoms with Crippen LogP contribution in [0.25, 0.3) is 0 Å². The molecule has 1 aliphatic rings. The van der Waals surface area contributed by atoms with E-state index in [1.54, 1.807) is 22.5 Å². The van der Waals surface area contributed by atoms with Gasteiger partial charge in [0.2, 0.25) is 10.0 Å². The van der Waals surface area contributed by atoms with E-state index in [1.807, 2.05) is 6.07 Å². The first kappa shape index (κ1) is 17.3. The predicted molar refractivity (Wildman–Crippen MR) is 98.3 cm³/mol. The highest BCUT2D eigenvalue weighted by atomic mass is 35.5. The number of aryl methyl sites for hydroxylation is 1. The molecule has 0 saturated carbocycles. The summed E-state index contributed by atoms with van der Waals surface area (Å²) in [4.78, 5) is 2.52. The van der Waals surface area contributed by atoms with Gasteiger partial charge in [-0.25, -0.2) is 8.42 Å². The maximum atomic E-state index is 12.8. The Bertz CT molecular complexity index is 844. The molecule has 0 aliphatic carbocycles. The van der Waals surface area contributed by atoms with Crippen LogP contribution in [0.15, 0.2) is 47.4 Å². The molecule has 1 heterocycles. The molecule has 1 aliphatic heterocycles. The Morgan fingerprint density at radius 2 is 1.62 bits per heavy atom. The third-order valence-electron chi connectivity index (χ3n) is 4.59. The van der Waals surface area contributed by atoms with E-state index in [2.05, 4.69) is 30.9 Å². The van der Waals surface area contributed by atoms with E-state index in [1.165, 1.54) is 22.9 Å². The fraction of sp³-hybridized carbons (Fsp3) is 0.333. The molecule has 2 aromatic rings. The summed E-state index contributed by atoms with van der Waals surface area (Å²) >= 11 is 5.93. The summed E-state index contributed by atoms with van der Waals surface area (Å²) in [7, 11) is -3.49. The van der Waals surface area contributed by atoms with Crippen LogP contribution in [0, 0.1) is 13.8 Å². The molecule has 0 radical (unpaired) electrons. The molecule has 2 aromatic carbocycles. The van der Waals surface area contributed by atoms with Gasteiger partial charge in [0, 0.05) is 36.9 Å². The van der Waals surface area contributed by atoms with Crippen molar-refractivity contribution >= 4 is 27.3 Å². The van der Waals surface area contributed by atoms with Crippen LogP contribution >= 0.6 is 11.6 Å². The molecule has 6 heteroatoms. The number of piperazine rings is 1. The van der Waals surface area contributed by atoms with Gasteiger partial charge in [-0.3, -0.25) is 0 Å². The highest BCUT2D eigenvalue weighted by Gasteiger charge is 2.29. The fourth-order valence-electron chi connectivity index (χ4n) is 3.02. The number of hydrogen-bond acceptors (Lipinski definition) is 3. The van der Waals surface area contributed by atoms with E-state index in [0.717, 1.165) is 0 Å². The summed E-state index contributed by atoms with van der Waals surface area (Å²) < 4.78 is 27.0. The number of benzene rings is 2. The van der Waals surface area contributed by atoms with Gasteiger partial charge in [0.15, 0.2) is 0 Å². The zero-order valence-electron chi connectivity index (χ0n) is 13.9. The van der Waals surface area contributed by atoms with Gasteiger partial charge in [0.25, 0.3) is 0 Å². The number of anilines is 1. The van der Waals surface area contributed by atoms with E-state index < -0.39 is 10.0 Å². The summed E-state index contributed by atoms with van der Waals surface area (Å²) in [6.07, 6.45) is 0. The zero-order valence-corrected chi connectivity index (χ0v) is 15.4. The van der Waals surface area contributed by atoms with Gasteiger partial charge < -0.3 is 4.90 Å². The van der Waals surface area contributed by atoms with Crippen molar-refractivity contribution in [2.45, 2.75) is 18.7 Å². The molecule has 0 bridgehead atoms. The highest BCUT2D eigenvalue weighted by Crippen LogP contribution is 2.26. The molecule has 0 amide bonds. The Kier molecular flexibility index (Phi) is 4.85. The van der Waals surface area contributed by atoms with Crippen LogP contribution in [-0.4, -0.2) is 38.9 Å². The molecule has 3 rings (SSSR count). The van der Waals surface area contributed by atoms with Crippen LogP contribution in [0.5, 0.6) is 0 Å². The lowest BCUT2D eigenvalue weighted by atomic mass is 10.1. The van der Waals surface area contributed by atoms with Crippen molar-refractivity contribution in [3.8, 4) is 0 Å². The zero-order chi connectivity index (χ0) is 17.3. The van der Waals surface area contributed by atoms with Crippen molar-refractivity contribution < 1.29 is 8.42 Å². The molecule has 0 atom stereocenters. The number of sulfonamides is 1. The minimum absolute atomic E-state index is 0.259. The van der Waals surface area contributed by atoms with Gasteiger partial charge in [-0.2, -0.15) is 4.31 Å². The van der Waals surface area contributed by atoms with E-state index in [-0.39, 0.29) is 4.90 Å². The van der Waals surface area contributed by atoms with Crippen LogP contribution in [-0.2, 0) is 10.0 Å². The molecule has 0 unspecified atom stereocenters. The largest absolute Gasteiger partial charge is 0.369 e. The predicted octanol–water partition coefficient (Wildman–Crippen LogP) is 3.47. The van der Waals surface area contributed by atoms with Crippen LogP contribution in [0.1, 0.15) is 11.1 Å². The molecule has 4 nitrogen and oxygen atoms in total. The van der Waals surface area contributed by atoms with Crippen molar-refractivity contribution in [2.24, 2.45) is 0 Å². The maximum Gasteiger partial charge on any atom is 0.243 e. The van der Waals surface area contributed by atoms with Crippen LogP contribution in [0.3, 0.4) is 0 Å². The van der Waals surface area contributed by atoms with Crippen LogP contribution in [0.2, 0.25) is 5.02 Å². The van der Waals surface area contributed by atoms with Crippen molar-refractivity contribution in [2.75, 3.05) is 31.1 Å². The average Bonchev–Trinajstić information content (AvgIpc) is 2.57. The Labute approximate surface area is 148 Å². The first-order valence-electron chi connectivity index (χ1n) is 7.96. The van der Waals surface area contributed by atoms with Crippen molar-refractivity contribution in [3.63, 3.8) is 0 Å². The van der Waals surface area contributed by atoms with Crippen LogP contribution in [0.4, 0.5) is 5.69 Å². The quantitative estimate of drug-likeness (QED) is 0.837. The topological polar surface area (TPSA) is 40.6 Å². The number of halogens is 1. The monoisotopic (exact) mass is 364 g/mol. The molecule has 128 valence electrons. The lowest BCUT2D eigenvalue weighted by molar-refractivity contribution is 0.384.